The van der Waals surface area contributed by atoms with Crippen LogP contribution in [-0.2, 0) is 4.43 Å². The van der Waals surface area contributed by atoms with Crippen molar-refractivity contribution in [1.29, 1.82) is 0 Å². The number of nitrogens with zero attached hydrogens (tertiary/aromatic N) is 2. The average molecular weight is 517 g/mol. The van der Waals surface area contributed by atoms with Crippen LogP contribution in [0.25, 0.3) is 9.69 Å². The van der Waals surface area contributed by atoms with Crippen LogP contribution in [0.3, 0.4) is 0 Å². The van der Waals surface area contributed by atoms with E-state index >= 15 is 0 Å². The summed E-state index contributed by atoms with van der Waals surface area (Å²) >= 11 is 0. The number of halogens is 4. The van der Waals surface area contributed by atoms with Gasteiger partial charge in [0.25, 0.3) is 23.2 Å². The molecule has 2 aliphatic carbocycles. The zero-order chi connectivity index (χ0) is 27.6. The van der Waals surface area contributed by atoms with E-state index < -0.39 is 43.8 Å². The molecule has 4 nitrogen and oxygen atoms in total. The van der Waals surface area contributed by atoms with Crippen molar-refractivity contribution in [1.82, 2.24) is 0 Å². The summed E-state index contributed by atoms with van der Waals surface area (Å²) in [5.41, 5.74) is -2.69. The lowest BCUT2D eigenvalue weighted by molar-refractivity contribution is 0.202. The molecular formula is C26H40F4N2O2Si. The van der Waals surface area contributed by atoms with Gasteiger partial charge in [-0.05, 0) is 31.0 Å². The van der Waals surface area contributed by atoms with Crippen molar-refractivity contribution >= 4 is 8.32 Å². The van der Waals surface area contributed by atoms with Gasteiger partial charge >= 0.3 is 0 Å². The molecule has 1 N–H and O–H groups in total. The topological polar surface area (TPSA) is 38.2 Å². The van der Waals surface area contributed by atoms with E-state index in [1.165, 1.54) is 0 Å². The third kappa shape index (κ3) is 5.68. The zero-order valence-electron chi connectivity index (χ0n) is 22.4. The lowest BCUT2D eigenvalue weighted by Crippen LogP contribution is -2.44. The maximum absolute atomic E-state index is 13.6. The zero-order valence-corrected chi connectivity index (χ0v) is 23.4. The summed E-state index contributed by atoms with van der Waals surface area (Å²) in [6.07, 6.45) is -3.88. The van der Waals surface area contributed by atoms with E-state index in [1.54, 1.807) is 13.8 Å². The second-order valence-electron chi connectivity index (χ2n) is 11.3. The molecule has 2 rings (SSSR count). The molecule has 0 saturated heterocycles. The normalized spacial score (nSPS) is 33.0. The molecule has 0 bridgehead atoms. The fraction of sp³-hybridized carbons (Fsp3) is 0.769. The van der Waals surface area contributed by atoms with Gasteiger partial charge in [-0.25, -0.2) is 13.1 Å². The monoisotopic (exact) mass is 516 g/mol. The number of hydrogen-bond donors (Lipinski definition) is 1. The highest BCUT2D eigenvalue weighted by Gasteiger charge is 2.59. The van der Waals surface area contributed by atoms with Crippen LogP contribution in [0, 0.1) is 25.0 Å². The quantitative estimate of drug-likeness (QED) is 0.232. The summed E-state index contributed by atoms with van der Waals surface area (Å²) < 4.78 is 58.6. The Bertz CT molecular complexity index is 923. The molecule has 9 heteroatoms. The molecule has 198 valence electrons. The standard InChI is InChI=1S/C16H27F2NOSi.C10H13F2NO/c1-9-16(19-6)11(2)10-12(13(16)14(17)18)20-21(7,8)15(3,4)5;1-4-10(13-3)6(2)5-7(14)8(10)9(11)12/h11-12H,9-10H2,1-5,7-8H3;6-7,14H,4-5H2,1-2H3/t11-,12+,16-;6-,7+,10-/m00/s1. The van der Waals surface area contributed by atoms with Gasteiger partial charge in [-0.3, -0.25) is 0 Å². The van der Waals surface area contributed by atoms with Gasteiger partial charge < -0.3 is 19.2 Å². The van der Waals surface area contributed by atoms with E-state index in [4.69, 9.17) is 17.6 Å². The Balaban J connectivity index is 0.000000379. The highest BCUT2D eigenvalue weighted by atomic mass is 28.4. The van der Waals surface area contributed by atoms with Gasteiger partial charge in [0.2, 0.25) is 0 Å². The maximum Gasteiger partial charge on any atom is 0.280 e. The van der Waals surface area contributed by atoms with Gasteiger partial charge in [0.05, 0.1) is 12.2 Å². The Labute approximate surface area is 209 Å². The van der Waals surface area contributed by atoms with Crippen LogP contribution >= 0.6 is 0 Å². The van der Waals surface area contributed by atoms with Crippen molar-refractivity contribution in [2.75, 3.05) is 0 Å². The predicted octanol–water partition coefficient (Wildman–Crippen LogP) is 8.24. The number of rotatable bonds is 4. The summed E-state index contributed by atoms with van der Waals surface area (Å²) in [6, 6.07) is 0. The Morgan fingerprint density at radius 2 is 1.34 bits per heavy atom. The second kappa shape index (κ2) is 11.1. The molecule has 2 fully saturated rings. The largest absolute Gasteiger partial charge is 0.410 e. The first-order chi connectivity index (χ1) is 15.9. The first kappa shape index (κ1) is 31.3. The summed E-state index contributed by atoms with van der Waals surface area (Å²) in [7, 11) is -2.15. The molecule has 35 heavy (non-hydrogen) atoms. The summed E-state index contributed by atoms with van der Waals surface area (Å²) in [6.45, 7) is 32.0. The minimum atomic E-state index is -2.15. The molecular weight excluding hydrogens is 476 g/mol. The van der Waals surface area contributed by atoms with Gasteiger partial charge in [0, 0.05) is 24.7 Å². The fourth-order valence-electron chi connectivity index (χ4n) is 5.17. The number of aliphatic hydroxyl groups is 1. The lowest BCUT2D eigenvalue weighted by atomic mass is 9.84. The molecule has 6 atom stereocenters. The van der Waals surface area contributed by atoms with Crippen LogP contribution in [0.1, 0.15) is 74.1 Å². The third-order valence-electron chi connectivity index (χ3n) is 8.49. The van der Waals surface area contributed by atoms with Crippen molar-refractivity contribution in [3.8, 4) is 0 Å². The minimum absolute atomic E-state index is 0.0380. The van der Waals surface area contributed by atoms with E-state index in [1.807, 2.05) is 13.8 Å². The molecule has 0 spiro atoms. The minimum Gasteiger partial charge on any atom is -0.410 e. The summed E-state index contributed by atoms with van der Waals surface area (Å²) in [5, 5.41) is 9.41. The number of aliphatic hydroxyl groups excluding tert-OH is 1. The highest BCUT2D eigenvalue weighted by molar-refractivity contribution is 6.74. The molecule has 2 aliphatic rings. The average Bonchev–Trinajstić information content (AvgIpc) is 3.16. The molecule has 0 unspecified atom stereocenters. The maximum atomic E-state index is 13.6. The molecule has 0 aromatic carbocycles. The Morgan fingerprint density at radius 3 is 1.66 bits per heavy atom. The fourth-order valence-corrected chi connectivity index (χ4v) is 6.45. The van der Waals surface area contributed by atoms with Crippen LogP contribution in [0.15, 0.2) is 23.3 Å². The molecule has 0 aromatic rings. The third-order valence-corrected chi connectivity index (χ3v) is 13.0. The van der Waals surface area contributed by atoms with E-state index in [-0.39, 0.29) is 34.4 Å². The van der Waals surface area contributed by atoms with Gasteiger partial charge in [-0.2, -0.15) is 17.6 Å². The lowest BCUT2D eigenvalue weighted by Gasteiger charge is -2.38. The number of hydrogen-bond acceptors (Lipinski definition) is 2. The van der Waals surface area contributed by atoms with Crippen molar-refractivity contribution in [3.63, 3.8) is 0 Å². The van der Waals surface area contributed by atoms with Crippen molar-refractivity contribution in [2.45, 2.75) is 116 Å². The first-order valence-corrected chi connectivity index (χ1v) is 15.1. The predicted molar refractivity (Wildman–Crippen MR) is 133 cm³/mol. The molecule has 0 aromatic heterocycles. The van der Waals surface area contributed by atoms with Gasteiger partial charge in [0.15, 0.2) is 8.32 Å². The van der Waals surface area contributed by atoms with E-state index in [9.17, 15) is 22.7 Å². The van der Waals surface area contributed by atoms with Crippen molar-refractivity contribution in [2.24, 2.45) is 11.8 Å². The summed E-state index contributed by atoms with van der Waals surface area (Å²) in [4.78, 5) is 6.93. The Kier molecular flexibility index (Phi) is 9.99. The smallest absolute Gasteiger partial charge is 0.280 e. The van der Waals surface area contributed by atoms with Gasteiger partial charge in [-0.15, -0.1) is 0 Å². The van der Waals surface area contributed by atoms with Crippen molar-refractivity contribution < 1.29 is 27.1 Å². The molecule has 0 heterocycles. The molecule has 0 aliphatic heterocycles. The van der Waals surface area contributed by atoms with Crippen LogP contribution in [0.2, 0.25) is 18.1 Å². The molecule has 0 radical (unpaired) electrons. The van der Waals surface area contributed by atoms with Gasteiger partial charge in [-0.1, -0.05) is 48.5 Å². The summed E-state index contributed by atoms with van der Waals surface area (Å²) in [5.74, 6) is -0.317. The second-order valence-corrected chi connectivity index (χ2v) is 16.0. The van der Waals surface area contributed by atoms with E-state index in [2.05, 4.69) is 43.6 Å². The van der Waals surface area contributed by atoms with Crippen LogP contribution in [0.5, 0.6) is 0 Å². The first-order valence-electron chi connectivity index (χ1n) is 12.2. The molecule has 0 amide bonds. The van der Waals surface area contributed by atoms with Crippen molar-refractivity contribution in [3.05, 3.63) is 46.1 Å². The molecule has 2 saturated carbocycles. The van der Waals surface area contributed by atoms with E-state index in [0.717, 1.165) is 0 Å². The van der Waals surface area contributed by atoms with Crippen LogP contribution in [0.4, 0.5) is 17.6 Å². The SMILES string of the molecule is [C-]#[N+][C@]1(CC)C(=C(F)F)[C@H](O)C[C@@H]1C.[C-]#[N+][C@]1(CC)C(=C(F)F)[C@H](O[Si](C)(C)C(C)(C)C)C[C@@H]1C. The highest BCUT2D eigenvalue weighted by Crippen LogP contribution is 2.51. The Hall–Kier alpha value is -1.68. The Morgan fingerprint density at radius 1 is 0.943 bits per heavy atom. The van der Waals surface area contributed by atoms with Gasteiger partial charge in [0.1, 0.15) is 11.1 Å². The van der Waals surface area contributed by atoms with E-state index in [0.29, 0.717) is 19.3 Å². The van der Waals surface area contributed by atoms with Crippen LogP contribution < -0.4 is 0 Å². The van der Waals surface area contributed by atoms with Crippen LogP contribution in [-0.4, -0.2) is 36.7 Å².